The lowest BCUT2D eigenvalue weighted by Gasteiger charge is -2.35. The van der Waals surface area contributed by atoms with Gasteiger partial charge in [0, 0.05) is 26.6 Å². The van der Waals surface area contributed by atoms with Crippen molar-refractivity contribution in [2.24, 2.45) is 5.92 Å². The minimum Gasteiger partial charge on any atom is -0.387 e. The highest BCUT2D eigenvalue weighted by Crippen LogP contribution is 2.27. The van der Waals surface area contributed by atoms with Crippen LogP contribution in [0.5, 0.6) is 0 Å². The quantitative estimate of drug-likeness (QED) is 0.745. The van der Waals surface area contributed by atoms with Crippen LogP contribution in [0.25, 0.3) is 0 Å². The van der Waals surface area contributed by atoms with Gasteiger partial charge < -0.3 is 14.9 Å². The number of nitrogens with zero attached hydrogens (tertiary/aromatic N) is 2. The van der Waals surface area contributed by atoms with Crippen LogP contribution < -0.4 is 5.32 Å². The molecule has 0 radical (unpaired) electrons. The number of benzene rings is 1. The summed E-state index contributed by atoms with van der Waals surface area (Å²) in [6, 6.07) is 8.87. The van der Waals surface area contributed by atoms with Gasteiger partial charge >= 0.3 is 0 Å². The van der Waals surface area contributed by atoms with Crippen LogP contribution in [0.1, 0.15) is 30.9 Å². The van der Waals surface area contributed by atoms with Crippen molar-refractivity contribution in [1.82, 2.24) is 15.1 Å². The van der Waals surface area contributed by atoms with Crippen LogP contribution in [0.2, 0.25) is 0 Å². The molecule has 1 aromatic carbocycles. The molecule has 2 saturated heterocycles. The lowest BCUT2D eigenvalue weighted by Crippen LogP contribution is -2.45. The van der Waals surface area contributed by atoms with E-state index in [2.05, 4.69) is 10.2 Å². The molecule has 2 N–H and O–H groups in total. The highest BCUT2D eigenvalue weighted by molar-refractivity contribution is 5.85. The number of likely N-dealkylation sites (tertiary alicyclic amines) is 1. The summed E-state index contributed by atoms with van der Waals surface area (Å²) < 4.78 is 26.6. The summed E-state index contributed by atoms with van der Waals surface area (Å²) in [6.45, 7) is 2.52. The van der Waals surface area contributed by atoms with Crippen molar-refractivity contribution < 1.29 is 18.7 Å². The Hall–Kier alpha value is -1.28. The highest BCUT2D eigenvalue weighted by Gasteiger charge is 2.43. The van der Waals surface area contributed by atoms with E-state index in [-0.39, 0.29) is 18.3 Å². The molecular weight excluding hydrogens is 388 g/mol. The Balaban J connectivity index is 0.00000280. The van der Waals surface area contributed by atoms with Crippen molar-refractivity contribution in [3.05, 3.63) is 35.9 Å². The second kappa shape index (κ2) is 9.96. The highest BCUT2D eigenvalue weighted by atomic mass is 35.5. The van der Waals surface area contributed by atoms with Crippen LogP contribution in [-0.2, 0) is 4.79 Å². The predicted molar refractivity (Wildman–Crippen MR) is 107 cm³/mol. The molecule has 0 saturated carbocycles. The number of carbonyl (C=O) groups is 1. The SMILES string of the molecule is CN(CC1CCN(CC(O)c2ccccc2)CC1)C(=O)C1CC(F)(F)CN1.Cl. The molecule has 2 unspecified atom stereocenters. The van der Waals surface area contributed by atoms with Crippen LogP contribution >= 0.6 is 12.4 Å². The maximum absolute atomic E-state index is 13.3. The van der Waals surface area contributed by atoms with Gasteiger partial charge in [-0.05, 0) is 37.4 Å². The molecular formula is C20H30ClF2N3O2. The first kappa shape index (κ1) is 23.0. The van der Waals surface area contributed by atoms with Gasteiger partial charge in [0.1, 0.15) is 0 Å². The number of carbonyl (C=O) groups excluding carboxylic acids is 1. The number of nitrogens with one attached hydrogen (secondary N) is 1. The van der Waals surface area contributed by atoms with Gasteiger partial charge in [-0.25, -0.2) is 8.78 Å². The molecule has 28 heavy (non-hydrogen) atoms. The largest absolute Gasteiger partial charge is 0.387 e. The standard InChI is InChI=1S/C20H29F2N3O2.ClH/c1-24(19(27)17-11-20(21,22)14-23-17)12-15-7-9-25(10-8-15)13-18(26)16-5-3-2-4-6-16;/h2-6,15,17-18,23,26H,7-14H2,1H3;1H. The monoisotopic (exact) mass is 417 g/mol. The van der Waals surface area contributed by atoms with Gasteiger partial charge in [-0.2, -0.15) is 0 Å². The van der Waals surface area contributed by atoms with Crippen LogP contribution in [0.4, 0.5) is 8.78 Å². The number of likely N-dealkylation sites (N-methyl/N-ethyl adjacent to an activating group) is 1. The summed E-state index contributed by atoms with van der Waals surface area (Å²) in [6.07, 6.45) is 0.967. The summed E-state index contributed by atoms with van der Waals surface area (Å²) in [5, 5.41) is 13.0. The summed E-state index contributed by atoms with van der Waals surface area (Å²) >= 11 is 0. The normalized spacial score (nSPS) is 23.8. The summed E-state index contributed by atoms with van der Waals surface area (Å²) in [4.78, 5) is 16.2. The molecule has 0 aliphatic carbocycles. The molecule has 0 bridgehead atoms. The van der Waals surface area contributed by atoms with E-state index in [1.165, 1.54) is 0 Å². The Kier molecular flexibility index (Phi) is 8.18. The molecule has 1 aromatic rings. The summed E-state index contributed by atoms with van der Waals surface area (Å²) in [7, 11) is 1.70. The average Bonchev–Trinajstić information content (AvgIpc) is 3.03. The topological polar surface area (TPSA) is 55.8 Å². The van der Waals surface area contributed by atoms with Gasteiger partial charge in [-0.1, -0.05) is 30.3 Å². The minimum absolute atomic E-state index is 0. The van der Waals surface area contributed by atoms with Gasteiger partial charge in [-0.15, -0.1) is 12.4 Å². The van der Waals surface area contributed by atoms with E-state index in [4.69, 9.17) is 0 Å². The van der Waals surface area contributed by atoms with Crippen LogP contribution in [0.15, 0.2) is 30.3 Å². The van der Waals surface area contributed by atoms with Gasteiger partial charge in [-0.3, -0.25) is 10.1 Å². The molecule has 1 amide bonds. The molecule has 2 fully saturated rings. The third kappa shape index (κ3) is 6.11. The minimum atomic E-state index is -2.79. The number of hydrogen-bond acceptors (Lipinski definition) is 4. The van der Waals surface area contributed by atoms with E-state index < -0.39 is 31.0 Å². The van der Waals surface area contributed by atoms with E-state index in [0.29, 0.717) is 19.0 Å². The van der Waals surface area contributed by atoms with Crippen molar-refractivity contribution in [3.63, 3.8) is 0 Å². The Morgan fingerprint density at radius 3 is 2.54 bits per heavy atom. The van der Waals surface area contributed by atoms with Crippen molar-refractivity contribution in [2.45, 2.75) is 37.3 Å². The second-order valence-electron chi connectivity index (χ2n) is 7.88. The fourth-order valence-electron chi connectivity index (χ4n) is 4.01. The fraction of sp³-hybridized carbons (Fsp3) is 0.650. The molecule has 2 atom stereocenters. The maximum Gasteiger partial charge on any atom is 0.262 e. The van der Waals surface area contributed by atoms with Gasteiger partial charge in [0.15, 0.2) is 0 Å². The molecule has 0 spiro atoms. The first-order chi connectivity index (χ1) is 12.8. The summed E-state index contributed by atoms with van der Waals surface area (Å²) in [5.74, 6) is -2.66. The Bertz CT molecular complexity index is 627. The molecule has 2 heterocycles. The number of piperidine rings is 1. The zero-order valence-electron chi connectivity index (χ0n) is 16.2. The number of aliphatic hydroxyl groups is 1. The zero-order valence-corrected chi connectivity index (χ0v) is 17.0. The third-order valence-corrected chi connectivity index (χ3v) is 5.64. The van der Waals surface area contributed by atoms with E-state index >= 15 is 0 Å². The predicted octanol–water partition coefficient (Wildman–Crippen LogP) is 2.31. The van der Waals surface area contributed by atoms with Crippen molar-refractivity contribution >= 4 is 18.3 Å². The van der Waals surface area contributed by atoms with Crippen LogP contribution in [-0.4, -0.2) is 72.5 Å². The van der Waals surface area contributed by atoms with E-state index in [1.807, 2.05) is 30.3 Å². The number of β-amino-alcohol motifs (C(OH)–C–C–N with tert-alkyl or cyclic N) is 1. The van der Waals surface area contributed by atoms with Gasteiger partial charge in [0.2, 0.25) is 5.91 Å². The van der Waals surface area contributed by atoms with Crippen LogP contribution in [0, 0.1) is 5.92 Å². The lowest BCUT2D eigenvalue weighted by molar-refractivity contribution is -0.133. The van der Waals surface area contributed by atoms with E-state index in [0.717, 1.165) is 31.5 Å². The molecule has 2 aliphatic rings. The lowest BCUT2D eigenvalue weighted by atomic mass is 9.95. The van der Waals surface area contributed by atoms with Gasteiger partial charge in [0.25, 0.3) is 5.92 Å². The average molecular weight is 418 g/mol. The first-order valence-electron chi connectivity index (χ1n) is 9.65. The van der Waals surface area contributed by atoms with Crippen molar-refractivity contribution in [3.8, 4) is 0 Å². The van der Waals surface area contributed by atoms with E-state index in [9.17, 15) is 18.7 Å². The summed E-state index contributed by atoms with van der Waals surface area (Å²) in [5.41, 5.74) is 0.922. The Labute approximate surface area is 171 Å². The first-order valence-corrected chi connectivity index (χ1v) is 9.65. The van der Waals surface area contributed by atoms with E-state index in [1.54, 1.807) is 11.9 Å². The Morgan fingerprint density at radius 1 is 1.32 bits per heavy atom. The number of hydrogen-bond donors (Lipinski definition) is 2. The van der Waals surface area contributed by atoms with Crippen molar-refractivity contribution in [2.75, 3.05) is 39.8 Å². The molecule has 158 valence electrons. The fourth-order valence-corrected chi connectivity index (χ4v) is 4.01. The number of halogens is 3. The van der Waals surface area contributed by atoms with Crippen LogP contribution in [0.3, 0.4) is 0 Å². The van der Waals surface area contributed by atoms with Gasteiger partial charge in [0.05, 0.1) is 18.7 Å². The van der Waals surface area contributed by atoms with Crippen molar-refractivity contribution in [1.29, 1.82) is 0 Å². The number of alkyl halides is 2. The molecule has 5 nitrogen and oxygen atoms in total. The number of amides is 1. The smallest absolute Gasteiger partial charge is 0.262 e. The molecule has 8 heteroatoms. The third-order valence-electron chi connectivity index (χ3n) is 5.64. The number of rotatable bonds is 6. The Morgan fingerprint density at radius 2 is 1.96 bits per heavy atom. The molecule has 2 aliphatic heterocycles. The molecule has 0 aromatic heterocycles. The zero-order chi connectivity index (χ0) is 19.4. The second-order valence-corrected chi connectivity index (χ2v) is 7.88. The number of aliphatic hydroxyl groups excluding tert-OH is 1. The molecule has 3 rings (SSSR count). The maximum atomic E-state index is 13.3.